The summed E-state index contributed by atoms with van der Waals surface area (Å²) in [5, 5.41) is 6.45. The first-order valence-corrected chi connectivity index (χ1v) is 10.0. The van der Waals surface area contributed by atoms with Crippen LogP contribution in [0.25, 0.3) is 0 Å². The van der Waals surface area contributed by atoms with Crippen molar-refractivity contribution in [2.75, 3.05) is 39.0 Å². The van der Waals surface area contributed by atoms with Gasteiger partial charge in [-0.3, -0.25) is 4.99 Å². The molecule has 1 heterocycles. The predicted molar refractivity (Wildman–Crippen MR) is 114 cm³/mol. The maximum Gasteiger partial charge on any atom is 0.214 e. The third kappa shape index (κ3) is 7.10. The first-order valence-electron chi connectivity index (χ1n) is 8.40. The minimum absolute atomic E-state index is 0. The Morgan fingerprint density at radius 2 is 1.80 bits per heavy atom. The topological polar surface area (TPSA) is 73.8 Å². The van der Waals surface area contributed by atoms with E-state index in [4.69, 9.17) is 0 Å². The molecule has 0 unspecified atom stereocenters. The van der Waals surface area contributed by atoms with Gasteiger partial charge in [0.15, 0.2) is 5.96 Å². The summed E-state index contributed by atoms with van der Waals surface area (Å²) in [5.41, 5.74) is 3.86. The van der Waals surface area contributed by atoms with Crippen LogP contribution in [0.3, 0.4) is 0 Å². The first kappa shape index (κ1) is 22.2. The van der Waals surface area contributed by atoms with Gasteiger partial charge < -0.3 is 10.6 Å². The second kappa shape index (κ2) is 10.3. The smallest absolute Gasteiger partial charge is 0.214 e. The summed E-state index contributed by atoms with van der Waals surface area (Å²) < 4.78 is 25.0. The van der Waals surface area contributed by atoms with Crippen LogP contribution in [0.15, 0.2) is 23.2 Å². The maximum absolute atomic E-state index is 11.7. The lowest BCUT2D eigenvalue weighted by atomic mass is 10.1. The summed E-state index contributed by atoms with van der Waals surface area (Å²) in [4.78, 5) is 4.18. The monoisotopic (exact) mass is 480 g/mol. The van der Waals surface area contributed by atoms with Gasteiger partial charge in [0.05, 0.1) is 5.75 Å². The summed E-state index contributed by atoms with van der Waals surface area (Å²) in [7, 11) is -1.30. The number of aliphatic imine (C=N–C) groups is 1. The third-order valence-electron chi connectivity index (χ3n) is 4.07. The number of hydrogen-bond acceptors (Lipinski definition) is 3. The van der Waals surface area contributed by atoms with Crippen molar-refractivity contribution in [1.82, 2.24) is 14.9 Å². The van der Waals surface area contributed by atoms with Crippen LogP contribution < -0.4 is 10.6 Å². The maximum atomic E-state index is 11.7. The van der Waals surface area contributed by atoms with Gasteiger partial charge in [0, 0.05) is 33.2 Å². The Hall–Kier alpha value is -0.870. The predicted octanol–water partition coefficient (Wildman–Crippen LogP) is 1.66. The highest BCUT2D eigenvalue weighted by molar-refractivity contribution is 14.0. The average Bonchev–Trinajstić information content (AvgIpc) is 2.83. The van der Waals surface area contributed by atoms with E-state index >= 15 is 0 Å². The Bertz CT molecular complexity index is 672. The quantitative estimate of drug-likeness (QED) is 0.369. The molecule has 142 valence electrons. The number of nitrogens with zero attached hydrogens (tertiary/aromatic N) is 2. The van der Waals surface area contributed by atoms with Gasteiger partial charge in [-0.15, -0.1) is 24.0 Å². The van der Waals surface area contributed by atoms with E-state index in [9.17, 15) is 8.42 Å². The Labute approximate surface area is 168 Å². The van der Waals surface area contributed by atoms with E-state index < -0.39 is 10.0 Å². The zero-order chi connectivity index (χ0) is 17.6. The molecule has 0 aromatic heterocycles. The van der Waals surface area contributed by atoms with Crippen LogP contribution in [0, 0.1) is 13.8 Å². The van der Waals surface area contributed by atoms with Crippen molar-refractivity contribution in [3.8, 4) is 0 Å². The largest absolute Gasteiger partial charge is 0.356 e. The molecule has 0 aliphatic carbocycles. The number of rotatable bonds is 6. The molecule has 1 aromatic carbocycles. The highest BCUT2D eigenvalue weighted by atomic mass is 127. The van der Waals surface area contributed by atoms with E-state index in [1.165, 1.54) is 16.7 Å². The molecule has 25 heavy (non-hydrogen) atoms. The fraction of sp³-hybridized carbons (Fsp3) is 0.588. The van der Waals surface area contributed by atoms with Gasteiger partial charge in [-0.05, 0) is 32.3 Å². The minimum atomic E-state index is -3.02. The molecule has 1 aliphatic rings. The lowest BCUT2D eigenvalue weighted by Gasteiger charge is -2.16. The van der Waals surface area contributed by atoms with Gasteiger partial charge in [-0.1, -0.05) is 29.3 Å². The van der Waals surface area contributed by atoms with Gasteiger partial charge in [-0.2, -0.15) is 0 Å². The summed E-state index contributed by atoms with van der Waals surface area (Å²) >= 11 is 0. The van der Waals surface area contributed by atoms with Gasteiger partial charge in [-0.25, -0.2) is 12.7 Å². The number of aryl methyl sites for hydroxylation is 2. The lowest BCUT2D eigenvalue weighted by molar-refractivity contribution is 0.445. The summed E-state index contributed by atoms with van der Waals surface area (Å²) in [6.07, 6.45) is 1.65. The molecule has 0 amide bonds. The summed E-state index contributed by atoms with van der Waals surface area (Å²) in [5.74, 6) is 0.978. The van der Waals surface area contributed by atoms with Gasteiger partial charge in [0.2, 0.25) is 10.0 Å². The van der Waals surface area contributed by atoms with Crippen LogP contribution in [0.1, 0.15) is 23.1 Å². The molecule has 1 aromatic rings. The average molecular weight is 480 g/mol. The number of hydrogen-bond donors (Lipinski definition) is 2. The highest BCUT2D eigenvalue weighted by Crippen LogP contribution is 2.11. The molecule has 6 nitrogen and oxygen atoms in total. The summed E-state index contributed by atoms with van der Waals surface area (Å²) in [6, 6.07) is 6.57. The standard InChI is InChI=1S/C17H28N4O2S.HI/c1-14-11-15(2)13-16(12-14)5-6-19-17(18-3)20-7-9-21-8-4-10-24(21,22)23;/h11-13H,4-10H2,1-3H3,(H2,18,19,20);1H. The Kier molecular flexibility index (Phi) is 9.15. The SMILES string of the molecule is CN=C(NCCc1cc(C)cc(C)c1)NCCN1CCCS1(=O)=O.I. The van der Waals surface area contributed by atoms with Crippen LogP contribution in [0.5, 0.6) is 0 Å². The molecule has 0 radical (unpaired) electrons. The van der Waals surface area contributed by atoms with E-state index in [-0.39, 0.29) is 29.7 Å². The fourth-order valence-corrected chi connectivity index (χ4v) is 4.53. The number of guanidine groups is 1. The van der Waals surface area contributed by atoms with Crippen molar-refractivity contribution in [2.45, 2.75) is 26.7 Å². The molecule has 8 heteroatoms. The Morgan fingerprint density at radius 3 is 2.36 bits per heavy atom. The van der Waals surface area contributed by atoms with Crippen LogP contribution in [0.2, 0.25) is 0 Å². The van der Waals surface area contributed by atoms with Crippen molar-refractivity contribution in [2.24, 2.45) is 4.99 Å². The molecule has 0 spiro atoms. The van der Waals surface area contributed by atoms with E-state index in [0.717, 1.165) is 19.4 Å². The molecule has 0 saturated carbocycles. The molecule has 2 rings (SSSR count). The number of sulfonamides is 1. The molecule has 0 bridgehead atoms. The van der Waals surface area contributed by atoms with Crippen molar-refractivity contribution in [3.63, 3.8) is 0 Å². The van der Waals surface area contributed by atoms with Crippen LogP contribution >= 0.6 is 24.0 Å². The van der Waals surface area contributed by atoms with Crippen molar-refractivity contribution < 1.29 is 8.42 Å². The molecule has 2 N–H and O–H groups in total. The molecule has 0 atom stereocenters. The normalized spacial score (nSPS) is 17.2. The molecule has 1 saturated heterocycles. The highest BCUT2D eigenvalue weighted by Gasteiger charge is 2.27. The first-order chi connectivity index (χ1) is 11.4. The summed E-state index contributed by atoms with van der Waals surface area (Å²) in [6.45, 7) is 6.67. The van der Waals surface area contributed by atoms with E-state index in [0.29, 0.717) is 25.6 Å². The Morgan fingerprint density at radius 1 is 1.16 bits per heavy atom. The second-order valence-electron chi connectivity index (χ2n) is 6.24. The number of benzene rings is 1. The van der Waals surface area contributed by atoms with Crippen LogP contribution in [0.4, 0.5) is 0 Å². The zero-order valence-corrected chi connectivity index (χ0v) is 18.4. The number of nitrogens with one attached hydrogen (secondary N) is 2. The molecule has 1 aliphatic heterocycles. The molecular weight excluding hydrogens is 451 g/mol. The second-order valence-corrected chi connectivity index (χ2v) is 8.33. The van der Waals surface area contributed by atoms with Crippen molar-refractivity contribution >= 4 is 40.0 Å². The van der Waals surface area contributed by atoms with Crippen LogP contribution in [-0.2, 0) is 16.4 Å². The lowest BCUT2D eigenvalue weighted by Crippen LogP contribution is -2.42. The number of halogens is 1. The zero-order valence-electron chi connectivity index (χ0n) is 15.2. The van der Waals surface area contributed by atoms with Gasteiger partial charge in [0.1, 0.15) is 0 Å². The van der Waals surface area contributed by atoms with E-state index in [2.05, 4.69) is 47.7 Å². The molecule has 1 fully saturated rings. The Balaban J connectivity index is 0.00000312. The fourth-order valence-electron chi connectivity index (χ4n) is 3.00. The van der Waals surface area contributed by atoms with Crippen LogP contribution in [-0.4, -0.2) is 57.7 Å². The minimum Gasteiger partial charge on any atom is -0.356 e. The van der Waals surface area contributed by atoms with Gasteiger partial charge in [0.25, 0.3) is 0 Å². The van der Waals surface area contributed by atoms with E-state index in [1.807, 2.05) is 0 Å². The molecular formula is C17H29IN4O2S. The van der Waals surface area contributed by atoms with E-state index in [1.54, 1.807) is 11.4 Å². The van der Waals surface area contributed by atoms with Crippen molar-refractivity contribution in [3.05, 3.63) is 34.9 Å². The van der Waals surface area contributed by atoms with Crippen molar-refractivity contribution in [1.29, 1.82) is 0 Å². The van der Waals surface area contributed by atoms with Gasteiger partial charge >= 0.3 is 0 Å². The third-order valence-corrected chi connectivity index (χ3v) is 6.02.